The average Bonchev–Trinajstić information content (AvgIpc) is 2.94. The zero-order chi connectivity index (χ0) is 27.5. The van der Waals surface area contributed by atoms with Gasteiger partial charge in [-0.25, -0.2) is 10.3 Å². The fraction of sp³-hybridized carbons (Fsp3) is 0.581. The van der Waals surface area contributed by atoms with Gasteiger partial charge in [-0.2, -0.15) is 0 Å². The van der Waals surface area contributed by atoms with Crippen molar-refractivity contribution < 1.29 is 24.0 Å². The third-order valence-electron chi connectivity index (χ3n) is 8.13. The summed E-state index contributed by atoms with van der Waals surface area (Å²) in [5.41, 5.74) is 10.0. The van der Waals surface area contributed by atoms with Gasteiger partial charge in [0.2, 0.25) is 5.78 Å². The molecule has 212 valence electrons. The van der Waals surface area contributed by atoms with E-state index in [1.54, 1.807) is 0 Å². The number of amides is 1. The Kier molecular flexibility index (Phi) is 11.4. The van der Waals surface area contributed by atoms with Crippen LogP contribution in [0.3, 0.4) is 0 Å². The molecule has 0 spiro atoms. The molecule has 0 bridgehead atoms. The zero-order valence-electron chi connectivity index (χ0n) is 23.1. The first-order valence-corrected chi connectivity index (χ1v) is 14.6. The first-order chi connectivity index (χ1) is 19.0. The highest BCUT2D eigenvalue weighted by Gasteiger charge is 2.44. The molecule has 4 rings (SSSR count). The quantitative estimate of drug-likeness (QED) is 0.370. The van der Waals surface area contributed by atoms with E-state index >= 15 is 0 Å². The number of ketones is 2. The molecule has 2 aromatic carbocycles. The molecule has 2 fully saturated rings. The van der Waals surface area contributed by atoms with E-state index < -0.39 is 18.0 Å². The largest absolute Gasteiger partial charge is 0.342 e. The molecule has 2 heterocycles. The smallest absolute Gasteiger partial charge is 0.310 e. The molecule has 39 heavy (non-hydrogen) atoms. The number of Topliss-reactive ketones (excluding diaryl/α,β-unsaturated/α-hetero) is 2. The molecular weight excluding hydrogens is 494 g/mol. The Morgan fingerprint density at radius 1 is 0.923 bits per heavy atom. The highest BCUT2D eigenvalue weighted by Crippen LogP contribution is 2.39. The first-order valence-electron chi connectivity index (χ1n) is 14.6. The molecule has 0 aromatic heterocycles. The maximum Gasteiger partial charge on any atom is 0.310 e. The second-order valence-electron chi connectivity index (χ2n) is 10.9. The lowest BCUT2D eigenvalue weighted by Gasteiger charge is -2.40. The molecule has 2 saturated heterocycles. The Morgan fingerprint density at radius 2 is 1.62 bits per heavy atom. The number of hydrazine groups is 1. The van der Waals surface area contributed by atoms with Gasteiger partial charge in [-0.15, -0.1) is 0 Å². The summed E-state index contributed by atoms with van der Waals surface area (Å²) in [6.07, 6.45) is 9.70. The lowest BCUT2D eigenvalue weighted by Crippen LogP contribution is -2.50. The number of carbonyl (C=O) groups excluding carboxylic acids is 3. The van der Waals surface area contributed by atoms with Crippen LogP contribution in [0.2, 0.25) is 0 Å². The number of benzene rings is 2. The van der Waals surface area contributed by atoms with E-state index in [1.165, 1.54) is 39.0 Å². The first kappa shape index (κ1) is 29.3. The van der Waals surface area contributed by atoms with E-state index in [2.05, 4.69) is 40.6 Å². The molecule has 0 saturated carbocycles. The molecule has 3 N–H and O–H groups in total. The van der Waals surface area contributed by atoms with Crippen LogP contribution in [0.15, 0.2) is 42.5 Å². The number of carbonyl (C=O) groups is 3. The fourth-order valence-corrected chi connectivity index (χ4v) is 6.12. The maximum atomic E-state index is 13.6. The fourth-order valence-electron chi connectivity index (χ4n) is 6.12. The van der Waals surface area contributed by atoms with E-state index in [1.807, 2.05) is 18.2 Å². The second kappa shape index (κ2) is 15.2. The van der Waals surface area contributed by atoms with Crippen LogP contribution in [0.5, 0.6) is 0 Å². The monoisotopic (exact) mass is 537 g/mol. The number of ether oxygens (including phenoxy) is 1. The van der Waals surface area contributed by atoms with Gasteiger partial charge in [0.25, 0.3) is 0 Å². The number of hydrogen-bond acceptors (Lipinski definition) is 7. The zero-order valence-corrected chi connectivity index (χ0v) is 23.1. The van der Waals surface area contributed by atoms with E-state index in [-0.39, 0.29) is 30.1 Å². The van der Waals surface area contributed by atoms with Crippen molar-refractivity contribution in [3.05, 3.63) is 48.0 Å². The van der Waals surface area contributed by atoms with Gasteiger partial charge in [-0.1, -0.05) is 74.6 Å². The lowest BCUT2D eigenvalue weighted by molar-refractivity contribution is -0.233. The van der Waals surface area contributed by atoms with Gasteiger partial charge in [0.05, 0.1) is 0 Å². The van der Waals surface area contributed by atoms with Gasteiger partial charge in [0.1, 0.15) is 6.61 Å². The third-order valence-corrected chi connectivity index (χ3v) is 8.13. The minimum Gasteiger partial charge on any atom is -0.342 e. The Morgan fingerprint density at radius 3 is 2.44 bits per heavy atom. The molecule has 8 heteroatoms. The van der Waals surface area contributed by atoms with E-state index in [0.29, 0.717) is 6.42 Å². The van der Waals surface area contributed by atoms with Crippen LogP contribution < -0.4 is 16.3 Å². The number of hydroxylamine groups is 1. The van der Waals surface area contributed by atoms with Crippen molar-refractivity contribution in [3.63, 3.8) is 0 Å². The topological polar surface area (TPSA) is 106 Å². The van der Waals surface area contributed by atoms with Crippen molar-refractivity contribution >= 4 is 28.2 Å². The summed E-state index contributed by atoms with van der Waals surface area (Å²) in [7, 11) is 0. The number of hydrogen-bond donors (Lipinski definition) is 3. The molecule has 4 atom stereocenters. The van der Waals surface area contributed by atoms with Crippen LogP contribution in [-0.4, -0.2) is 43.5 Å². The van der Waals surface area contributed by atoms with Crippen LogP contribution in [0, 0.1) is 17.8 Å². The predicted octanol–water partition coefficient (Wildman–Crippen LogP) is 4.41. The predicted molar refractivity (Wildman–Crippen MR) is 150 cm³/mol. The highest BCUT2D eigenvalue weighted by molar-refractivity contribution is 6.34. The number of rotatable bonds is 6. The SMILES string of the molecule is CC(=O)C(=O)NOC1OCC(=O)C([C@@H]2CCCCCCCCNNCCC2)[C@@H]1Cc1cccc2ccccc12. The van der Waals surface area contributed by atoms with Crippen LogP contribution in [0.4, 0.5) is 0 Å². The number of fused-ring (bicyclic) bond motifs is 1. The molecule has 8 nitrogen and oxygen atoms in total. The maximum absolute atomic E-state index is 13.6. The molecule has 2 aliphatic heterocycles. The standard InChI is InChI=1S/C31H43N3O5/c1-22(35)30(37)34-39-31-27(20-25-15-10-14-23-12-7-8-17-26(23)25)29(28(36)21-38-31)24-13-6-4-2-3-5-9-18-32-33-19-11-16-24/h7-8,10,12,14-15,17,24,27,29,31-33H,2-6,9,11,13,16,18-21H2,1H3,(H,34,37)/t24-,27+,29?,31?/m1/s1. The molecule has 2 aliphatic rings. The van der Waals surface area contributed by atoms with Gasteiger partial charge in [0, 0.05) is 31.8 Å². The minimum absolute atomic E-state index is 0.0619. The van der Waals surface area contributed by atoms with Crippen molar-refractivity contribution in [2.24, 2.45) is 17.8 Å². The van der Waals surface area contributed by atoms with Gasteiger partial charge in [-0.05, 0) is 54.4 Å². The number of nitrogens with one attached hydrogen (secondary N) is 3. The summed E-state index contributed by atoms with van der Waals surface area (Å²) in [5.74, 6) is -1.77. The normalized spacial score (nSPS) is 26.0. The summed E-state index contributed by atoms with van der Waals surface area (Å²) in [6.45, 7) is 2.95. The van der Waals surface area contributed by atoms with Gasteiger partial charge in [0.15, 0.2) is 12.1 Å². The van der Waals surface area contributed by atoms with Gasteiger partial charge < -0.3 is 4.74 Å². The molecule has 2 aromatic rings. The average molecular weight is 538 g/mol. The van der Waals surface area contributed by atoms with Crippen molar-refractivity contribution in [1.29, 1.82) is 0 Å². The molecular formula is C31H43N3O5. The molecule has 0 aliphatic carbocycles. The van der Waals surface area contributed by atoms with Crippen LogP contribution in [-0.2, 0) is 30.4 Å². The summed E-state index contributed by atoms with van der Waals surface area (Å²) >= 11 is 0. The molecule has 0 radical (unpaired) electrons. The Balaban J connectivity index is 1.60. The van der Waals surface area contributed by atoms with Crippen LogP contribution in [0.25, 0.3) is 10.8 Å². The highest BCUT2D eigenvalue weighted by atomic mass is 16.8. The van der Waals surface area contributed by atoms with Gasteiger partial charge in [-0.3, -0.25) is 25.2 Å². The van der Waals surface area contributed by atoms with Crippen LogP contribution in [0.1, 0.15) is 70.3 Å². The minimum atomic E-state index is -0.831. The molecule has 1 amide bonds. The third kappa shape index (κ3) is 8.42. The van der Waals surface area contributed by atoms with Crippen molar-refractivity contribution in [3.8, 4) is 0 Å². The van der Waals surface area contributed by atoms with E-state index in [0.717, 1.165) is 55.1 Å². The summed E-state index contributed by atoms with van der Waals surface area (Å²) < 4.78 is 5.89. The summed E-state index contributed by atoms with van der Waals surface area (Å²) in [5, 5.41) is 2.26. The van der Waals surface area contributed by atoms with Crippen molar-refractivity contribution in [2.45, 2.75) is 77.4 Å². The molecule has 2 unspecified atom stereocenters. The Hall–Kier alpha value is -2.65. The van der Waals surface area contributed by atoms with Crippen molar-refractivity contribution in [2.75, 3.05) is 19.7 Å². The summed E-state index contributed by atoms with van der Waals surface area (Å²) in [4.78, 5) is 42.8. The second-order valence-corrected chi connectivity index (χ2v) is 10.9. The van der Waals surface area contributed by atoms with Crippen LogP contribution >= 0.6 is 0 Å². The Labute approximate surface area is 231 Å². The van der Waals surface area contributed by atoms with E-state index in [4.69, 9.17) is 9.57 Å². The lowest BCUT2D eigenvalue weighted by atomic mass is 9.71. The van der Waals surface area contributed by atoms with Gasteiger partial charge >= 0.3 is 5.91 Å². The Bertz CT molecular complexity index is 1090. The van der Waals surface area contributed by atoms with E-state index in [9.17, 15) is 14.4 Å². The van der Waals surface area contributed by atoms with Crippen molar-refractivity contribution in [1.82, 2.24) is 16.3 Å². The summed E-state index contributed by atoms with van der Waals surface area (Å²) in [6, 6.07) is 14.4.